The van der Waals surface area contributed by atoms with E-state index < -0.39 is 0 Å². The molecule has 1 aromatic heterocycles. The monoisotopic (exact) mass is 242 g/mol. The largest absolute Gasteiger partial charge is 0.495 e. The fraction of sp³-hybridized carbons (Fsp3) is 0.583. The van der Waals surface area contributed by atoms with Crippen molar-refractivity contribution < 1.29 is 4.74 Å². The van der Waals surface area contributed by atoms with E-state index in [1.165, 1.54) is 0 Å². The smallest absolute Gasteiger partial charge is 0.137 e. The van der Waals surface area contributed by atoms with Gasteiger partial charge in [-0.3, -0.25) is 0 Å². The Kier molecular flexibility index (Phi) is 5.39. The number of ether oxygens (including phenoxy) is 1. The number of pyridine rings is 1. The van der Waals surface area contributed by atoms with E-state index in [4.69, 9.17) is 16.3 Å². The second kappa shape index (κ2) is 6.59. The van der Waals surface area contributed by atoms with Gasteiger partial charge in [-0.2, -0.15) is 0 Å². The molecule has 0 bridgehead atoms. The molecule has 90 valence electrons. The first-order chi connectivity index (χ1) is 7.69. The maximum absolute atomic E-state index is 5.72. The summed E-state index contributed by atoms with van der Waals surface area (Å²) >= 11 is 5.72. The molecule has 1 aromatic rings. The maximum atomic E-state index is 5.72. The number of halogens is 1. The molecule has 0 radical (unpaired) electrons. The highest BCUT2D eigenvalue weighted by atomic mass is 35.5. The van der Waals surface area contributed by atoms with E-state index in [0.29, 0.717) is 11.9 Å². The fourth-order valence-electron chi connectivity index (χ4n) is 1.53. The van der Waals surface area contributed by atoms with Crippen LogP contribution >= 0.6 is 11.6 Å². The van der Waals surface area contributed by atoms with Gasteiger partial charge in [-0.1, -0.05) is 0 Å². The van der Waals surface area contributed by atoms with E-state index in [9.17, 15) is 0 Å². The number of alkyl halides is 1. The Balaban J connectivity index is 2.75. The van der Waals surface area contributed by atoms with Crippen molar-refractivity contribution in [3.63, 3.8) is 0 Å². The predicted molar refractivity (Wildman–Crippen MR) is 68.6 cm³/mol. The van der Waals surface area contributed by atoms with Gasteiger partial charge in [-0.25, -0.2) is 4.98 Å². The quantitative estimate of drug-likeness (QED) is 0.718. The van der Waals surface area contributed by atoms with E-state index >= 15 is 0 Å². The molecule has 3 nitrogen and oxygen atoms in total. The standard InChI is InChI=1S/C12H19ClN2O/c1-10(2)15(8-4-7-13)12-6-5-11(16-3)9-14-12/h5-6,9-10H,4,7-8H2,1-3H3. The molecule has 0 fully saturated rings. The zero-order valence-electron chi connectivity index (χ0n) is 10.1. The molecule has 0 saturated heterocycles. The van der Waals surface area contributed by atoms with Crippen molar-refractivity contribution >= 4 is 17.4 Å². The lowest BCUT2D eigenvalue weighted by molar-refractivity contribution is 0.413. The number of methoxy groups -OCH3 is 1. The molecule has 16 heavy (non-hydrogen) atoms. The van der Waals surface area contributed by atoms with E-state index in [-0.39, 0.29) is 0 Å². The Morgan fingerprint density at radius 1 is 1.44 bits per heavy atom. The van der Waals surface area contributed by atoms with Crippen molar-refractivity contribution in [2.24, 2.45) is 0 Å². The highest BCUT2D eigenvalue weighted by Crippen LogP contribution is 2.17. The minimum atomic E-state index is 0.420. The third-order valence-electron chi connectivity index (χ3n) is 2.41. The average Bonchev–Trinajstić information content (AvgIpc) is 2.30. The van der Waals surface area contributed by atoms with Gasteiger partial charge in [0.15, 0.2) is 0 Å². The van der Waals surface area contributed by atoms with Crippen LogP contribution in [0.4, 0.5) is 5.82 Å². The molecule has 1 rings (SSSR count). The summed E-state index contributed by atoms with van der Waals surface area (Å²) in [5.74, 6) is 2.44. The molecule has 0 saturated carbocycles. The van der Waals surface area contributed by atoms with Crippen LogP contribution < -0.4 is 9.64 Å². The second-order valence-electron chi connectivity index (χ2n) is 3.89. The fourth-order valence-corrected chi connectivity index (χ4v) is 1.65. The van der Waals surface area contributed by atoms with E-state index in [0.717, 1.165) is 24.5 Å². The van der Waals surface area contributed by atoms with Gasteiger partial charge in [0.1, 0.15) is 11.6 Å². The lowest BCUT2D eigenvalue weighted by atomic mass is 10.3. The third-order valence-corrected chi connectivity index (χ3v) is 2.67. The molecule has 0 aliphatic carbocycles. The van der Waals surface area contributed by atoms with Crippen molar-refractivity contribution in [2.75, 3.05) is 24.4 Å². The topological polar surface area (TPSA) is 25.4 Å². The first kappa shape index (κ1) is 13.1. The van der Waals surface area contributed by atoms with E-state index in [2.05, 4.69) is 23.7 Å². The first-order valence-corrected chi connectivity index (χ1v) is 6.05. The Bertz CT molecular complexity index is 300. The Morgan fingerprint density at radius 2 is 2.19 bits per heavy atom. The normalized spacial score (nSPS) is 10.6. The van der Waals surface area contributed by atoms with Gasteiger partial charge in [0, 0.05) is 18.5 Å². The van der Waals surface area contributed by atoms with Gasteiger partial charge >= 0.3 is 0 Å². The summed E-state index contributed by atoms with van der Waals surface area (Å²) in [7, 11) is 1.64. The van der Waals surface area contributed by atoms with Crippen LogP contribution in [-0.4, -0.2) is 30.6 Å². The Labute approximate surface area is 102 Å². The molecule has 0 atom stereocenters. The molecular weight excluding hydrogens is 224 g/mol. The summed E-state index contributed by atoms with van der Waals surface area (Å²) in [6.07, 6.45) is 2.71. The molecule has 0 spiro atoms. The van der Waals surface area contributed by atoms with Crippen LogP contribution in [0.3, 0.4) is 0 Å². The van der Waals surface area contributed by atoms with Gasteiger partial charge in [0.25, 0.3) is 0 Å². The number of aromatic nitrogens is 1. The van der Waals surface area contributed by atoms with Crippen molar-refractivity contribution in [3.05, 3.63) is 18.3 Å². The Morgan fingerprint density at radius 3 is 2.62 bits per heavy atom. The molecule has 0 aromatic carbocycles. The summed E-state index contributed by atoms with van der Waals surface area (Å²) in [4.78, 5) is 6.62. The molecule has 0 amide bonds. The Hall–Kier alpha value is -0.960. The van der Waals surface area contributed by atoms with Gasteiger partial charge in [0.05, 0.1) is 13.3 Å². The molecular formula is C12H19ClN2O. The van der Waals surface area contributed by atoms with Crippen molar-refractivity contribution in [3.8, 4) is 5.75 Å². The van der Waals surface area contributed by atoms with Gasteiger partial charge < -0.3 is 9.64 Å². The number of nitrogens with zero attached hydrogens (tertiary/aromatic N) is 2. The number of anilines is 1. The summed E-state index contributed by atoms with van der Waals surface area (Å²) in [6.45, 7) is 5.24. The van der Waals surface area contributed by atoms with Crippen molar-refractivity contribution in [1.29, 1.82) is 0 Å². The molecule has 0 aliphatic heterocycles. The molecule has 4 heteroatoms. The average molecular weight is 243 g/mol. The first-order valence-electron chi connectivity index (χ1n) is 5.51. The van der Waals surface area contributed by atoms with Gasteiger partial charge in [-0.05, 0) is 32.4 Å². The van der Waals surface area contributed by atoms with Crippen LogP contribution in [0.2, 0.25) is 0 Å². The lowest BCUT2D eigenvalue weighted by Gasteiger charge is -2.27. The van der Waals surface area contributed by atoms with Crippen molar-refractivity contribution in [1.82, 2.24) is 4.98 Å². The van der Waals surface area contributed by atoms with Crippen molar-refractivity contribution in [2.45, 2.75) is 26.3 Å². The molecule has 1 heterocycles. The van der Waals surface area contributed by atoms with Crippen LogP contribution in [0.5, 0.6) is 5.75 Å². The summed E-state index contributed by atoms with van der Waals surface area (Å²) in [5, 5.41) is 0. The van der Waals surface area contributed by atoms with Gasteiger partial charge in [-0.15, -0.1) is 11.6 Å². The zero-order valence-corrected chi connectivity index (χ0v) is 10.9. The van der Waals surface area contributed by atoms with Crippen LogP contribution in [0.1, 0.15) is 20.3 Å². The number of hydrogen-bond acceptors (Lipinski definition) is 3. The van der Waals surface area contributed by atoms with E-state index in [1.807, 2.05) is 12.1 Å². The third kappa shape index (κ3) is 3.56. The van der Waals surface area contributed by atoms with Crippen LogP contribution in [0.25, 0.3) is 0 Å². The highest BCUT2D eigenvalue weighted by Gasteiger charge is 2.11. The number of hydrogen-bond donors (Lipinski definition) is 0. The van der Waals surface area contributed by atoms with Crippen LogP contribution in [0.15, 0.2) is 18.3 Å². The van der Waals surface area contributed by atoms with E-state index in [1.54, 1.807) is 13.3 Å². The minimum Gasteiger partial charge on any atom is -0.495 e. The zero-order chi connectivity index (χ0) is 12.0. The SMILES string of the molecule is COc1ccc(N(CCCCl)C(C)C)nc1. The summed E-state index contributed by atoms with van der Waals surface area (Å²) in [6, 6.07) is 4.33. The van der Waals surface area contributed by atoms with Crippen LogP contribution in [-0.2, 0) is 0 Å². The van der Waals surface area contributed by atoms with Gasteiger partial charge in [0.2, 0.25) is 0 Å². The maximum Gasteiger partial charge on any atom is 0.137 e. The molecule has 0 aliphatic rings. The predicted octanol–water partition coefficient (Wildman–Crippen LogP) is 2.93. The second-order valence-corrected chi connectivity index (χ2v) is 4.26. The lowest BCUT2D eigenvalue weighted by Crippen LogP contribution is -2.32. The molecule has 0 N–H and O–H groups in total. The number of rotatable bonds is 6. The molecule has 0 unspecified atom stereocenters. The summed E-state index contributed by atoms with van der Waals surface area (Å²) < 4.78 is 5.09. The summed E-state index contributed by atoms with van der Waals surface area (Å²) in [5.41, 5.74) is 0. The minimum absolute atomic E-state index is 0.420. The van der Waals surface area contributed by atoms with Crippen LogP contribution in [0, 0.1) is 0 Å². The highest BCUT2D eigenvalue weighted by molar-refractivity contribution is 6.17.